The van der Waals surface area contributed by atoms with Crippen molar-refractivity contribution >= 4 is 11.6 Å². The molecule has 1 nitrogen and oxygen atoms in total. The Kier molecular flexibility index (Phi) is 7.36. The van der Waals surface area contributed by atoms with Crippen molar-refractivity contribution in [1.82, 2.24) is 0 Å². The molecular weight excluding hydrogens is 229 g/mol. The van der Waals surface area contributed by atoms with Crippen LogP contribution in [0, 0.1) is 5.92 Å². The first-order valence-electron chi connectivity index (χ1n) is 5.15. The molecule has 0 heterocycles. The van der Waals surface area contributed by atoms with Gasteiger partial charge in [0.1, 0.15) is 6.61 Å². The largest absolute Gasteiger partial charge is 0.411 e. The first-order chi connectivity index (χ1) is 6.87. The van der Waals surface area contributed by atoms with Crippen LogP contribution in [0.15, 0.2) is 0 Å². The number of rotatable bonds is 7. The summed E-state index contributed by atoms with van der Waals surface area (Å²) in [7, 11) is 0. The summed E-state index contributed by atoms with van der Waals surface area (Å²) in [6.45, 7) is 3.00. The first-order valence-corrected chi connectivity index (χ1v) is 5.59. The van der Waals surface area contributed by atoms with Crippen LogP contribution in [-0.4, -0.2) is 24.8 Å². The van der Waals surface area contributed by atoms with E-state index in [-0.39, 0.29) is 12.0 Å². The van der Waals surface area contributed by atoms with Crippen molar-refractivity contribution in [2.24, 2.45) is 5.92 Å². The molecule has 0 spiro atoms. The Morgan fingerprint density at radius 3 is 2.40 bits per heavy atom. The van der Waals surface area contributed by atoms with Gasteiger partial charge in [0, 0.05) is 12.0 Å². The molecule has 0 saturated carbocycles. The SMILES string of the molecule is CCC(Cl)C(C)CCCOCC(F)(F)F. The predicted molar refractivity (Wildman–Crippen MR) is 55.2 cm³/mol. The Morgan fingerprint density at radius 2 is 1.93 bits per heavy atom. The van der Waals surface area contributed by atoms with Gasteiger partial charge in [0.05, 0.1) is 0 Å². The summed E-state index contributed by atoms with van der Waals surface area (Å²) in [5, 5.41) is 0.104. The lowest BCUT2D eigenvalue weighted by Crippen LogP contribution is -2.18. The molecule has 0 aromatic heterocycles. The van der Waals surface area contributed by atoms with Crippen molar-refractivity contribution in [2.45, 2.75) is 44.7 Å². The smallest absolute Gasteiger partial charge is 0.372 e. The van der Waals surface area contributed by atoms with Crippen LogP contribution in [-0.2, 0) is 4.74 Å². The van der Waals surface area contributed by atoms with Crippen LogP contribution >= 0.6 is 11.6 Å². The molecular formula is C10H18ClF3O. The lowest BCUT2D eigenvalue weighted by atomic mass is 10.0. The van der Waals surface area contributed by atoms with E-state index in [4.69, 9.17) is 11.6 Å². The van der Waals surface area contributed by atoms with Gasteiger partial charge in [0.2, 0.25) is 0 Å². The predicted octanol–water partition coefficient (Wildman–Crippen LogP) is 4.00. The Hall–Kier alpha value is 0.0400. The zero-order valence-corrected chi connectivity index (χ0v) is 9.87. The quantitative estimate of drug-likeness (QED) is 0.487. The van der Waals surface area contributed by atoms with E-state index in [2.05, 4.69) is 4.74 Å². The standard InChI is InChI=1S/C10H18ClF3O/c1-3-9(11)8(2)5-4-6-15-7-10(12,13)14/h8-9H,3-7H2,1-2H3. The Labute approximate surface area is 93.9 Å². The molecule has 0 saturated heterocycles. The molecule has 5 heteroatoms. The van der Waals surface area contributed by atoms with Crippen LogP contribution in [0.2, 0.25) is 0 Å². The molecule has 0 amide bonds. The van der Waals surface area contributed by atoms with E-state index >= 15 is 0 Å². The zero-order valence-electron chi connectivity index (χ0n) is 9.11. The second kappa shape index (κ2) is 7.34. The van der Waals surface area contributed by atoms with Crippen LogP contribution in [0.25, 0.3) is 0 Å². The maximum absolute atomic E-state index is 11.7. The third-order valence-corrected chi connectivity index (χ3v) is 2.96. The summed E-state index contributed by atoms with van der Waals surface area (Å²) in [4.78, 5) is 0. The zero-order chi connectivity index (χ0) is 11.9. The molecule has 0 aliphatic carbocycles. The highest BCUT2D eigenvalue weighted by Crippen LogP contribution is 2.19. The maximum Gasteiger partial charge on any atom is 0.411 e. The number of hydrogen-bond donors (Lipinski definition) is 0. The van der Waals surface area contributed by atoms with E-state index in [1.807, 2.05) is 13.8 Å². The summed E-state index contributed by atoms with van der Waals surface area (Å²) < 4.78 is 39.5. The third kappa shape index (κ3) is 9.00. The molecule has 0 fully saturated rings. The minimum Gasteiger partial charge on any atom is -0.372 e. The maximum atomic E-state index is 11.7. The van der Waals surface area contributed by atoms with Crippen molar-refractivity contribution in [3.8, 4) is 0 Å². The average molecular weight is 247 g/mol. The average Bonchev–Trinajstić information content (AvgIpc) is 2.14. The van der Waals surface area contributed by atoms with E-state index in [0.29, 0.717) is 12.3 Å². The van der Waals surface area contributed by atoms with Gasteiger partial charge in [-0.25, -0.2) is 0 Å². The molecule has 2 atom stereocenters. The molecule has 92 valence electrons. The summed E-state index contributed by atoms with van der Waals surface area (Å²) >= 11 is 5.98. The summed E-state index contributed by atoms with van der Waals surface area (Å²) in [6, 6.07) is 0. The van der Waals surface area contributed by atoms with E-state index in [1.165, 1.54) is 0 Å². The van der Waals surface area contributed by atoms with E-state index < -0.39 is 12.8 Å². The first kappa shape index (κ1) is 15.0. The molecule has 0 aliphatic rings. The van der Waals surface area contributed by atoms with Crippen molar-refractivity contribution in [1.29, 1.82) is 0 Å². The molecule has 0 bridgehead atoms. The van der Waals surface area contributed by atoms with Crippen molar-refractivity contribution in [2.75, 3.05) is 13.2 Å². The lowest BCUT2D eigenvalue weighted by Gasteiger charge is -2.16. The highest BCUT2D eigenvalue weighted by Gasteiger charge is 2.27. The van der Waals surface area contributed by atoms with Crippen LogP contribution in [0.1, 0.15) is 33.1 Å². The van der Waals surface area contributed by atoms with Gasteiger partial charge in [-0.05, 0) is 25.2 Å². The number of halogens is 4. The van der Waals surface area contributed by atoms with Crippen LogP contribution in [0.5, 0.6) is 0 Å². The number of ether oxygens (including phenoxy) is 1. The van der Waals surface area contributed by atoms with Crippen LogP contribution < -0.4 is 0 Å². The van der Waals surface area contributed by atoms with E-state index in [0.717, 1.165) is 12.8 Å². The Morgan fingerprint density at radius 1 is 1.33 bits per heavy atom. The minimum absolute atomic E-state index is 0.104. The second-order valence-electron chi connectivity index (χ2n) is 3.71. The Balaban J connectivity index is 3.39. The van der Waals surface area contributed by atoms with Crippen LogP contribution in [0.4, 0.5) is 13.2 Å². The molecule has 15 heavy (non-hydrogen) atoms. The molecule has 0 aromatic carbocycles. The van der Waals surface area contributed by atoms with Crippen LogP contribution in [0.3, 0.4) is 0 Å². The van der Waals surface area contributed by atoms with Gasteiger partial charge in [-0.2, -0.15) is 13.2 Å². The molecule has 0 rings (SSSR count). The van der Waals surface area contributed by atoms with Gasteiger partial charge in [0.25, 0.3) is 0 Å². The molecule has 0 N–H and O–H groups in total. The topological polar surface area (TPSA) is 9.23 Å². The highest BCUT2D eigenvalue weighted by molar-refractivity contribution is 6.20. The lowest BCUT2D eigenvalue weighted by molar-refractivity contribution is -0.174. The summed E-state index contributed by atoms with van der Waals surface area (Å²) in [6.07, 6.45) is -1.91. The van der Waals surface area contributed by atoms with Gasteiger partial charge in [-0.1, -0.05) is 13.8 Å². The Bertz CT molecular complexity index is 161. The summed E-state index contributed by atoms with van der Waals surface area (Å²) in [5.41, 5.74) is 0. The van der Waals surface area contributed by atoms with E-state index in [9.17, 15) is 13.2 Å². The fourth-order valence-electron chi connectivity index (χ4n) is 1.28. The van der Waals surface area contributed by atoms with Gasteiger partial charge < -0.3 is 4.74 Å². The molecule has 0 aromatic rings. The van der Waals surface area contributed by atoms with Crippen molar-refractivity contribution in [3.63, 3.8) is 0 Å². The van der Waals surface area contributed by atoms with Gasteiger partial charge in [-0.15, -0.1) is 11.6 Å². The fourth-order valence-corrected chi connectivity index (χ4v) is 1.40. The third-order valence-electron chi connectivity index (χ3n) is 2.22. The number of hydrogen-bond acceptors (Lipinski definition) is 1. The van der Waals surface area contributed by atoms with E-state index in [1.54, 1.807) is 0 Å². The molecule has 0 aliphatic heterocycles. The molecule has 0 radical (unpaired) electrons. The number of alkyl halides is 4. The molecule has 2 unspecified atom stereocenters. The monoisotopic (exact) mass is 246 g/mol. The fraction of sp³-hybridized carbons (Fsp3) is 1.00. The summed E-state index contributed by atoms with van der Waals surface area (Å²) in [5.74, 6) is 0.325. The van der Waals surface area contributed by atoms with Gasteiger partial charge >= 0.3 is 6.18 Å². The van der Waals surface area contributed by atoms with Gasteiger partial charge in [-0.3, -0.25) is 0 Å². The second-order valence-corrected chi connectivity index (χ2v) is 4.27. The normalized spacial score (nSPS) is 16.4. The highest BCUT2D eigenvalue weighted by atomic mass is 35.5. The minimum atomic E-state index is -4.22. The van der Waals surface area contributed by atoms with Crippen molar-refractivity contribution < 1.29 is 17.9 Å². The van der Waals surface area contributed by atoms with Crippen molar-refractivity contribution in [3.05, 3.63) is 0 Å². The van der Waals surface area contributed by atoms with Gasteiger partial charge in [0.15, 0.2) is 0 Å².